The van der Waals surface area contributed by atoms with Crippen LogP contribution >= 0.6 is 0 Å². The van der Waals surface area contributed by atoms with Gasteiger partial charge in [0.15, 0.2) is 5.76 Å². The fraction of sp³-hybridized carbons (Fsp3) is 0.0400. The first-order valence-electron chi connectivity index (χ1n) is 9.87. The Bertz CT molecular complexity index is 1510. The summed E-state index contributed by atoms with van der Waals surface area (Å²) < 4.78 is 11.3. The molecule has 0 aliphatic heterocycles. The summed E-state index contributed by atoms with van der Waals surface area (Å²) in [6, 6.07) is 22.5. The summed E-state index contributed by atoms with van der Waals surface area (Å²) >= 11 is 0. The molecule has 0 unspecified atom stereocenters. The van der Waals surface area contributed by atoms with Crippen molar-refractivity contribution in [3.05, 3.63) is 101 Å². The smallest absolute Gasteiger partial charge is 0.288 e. The monoisotopic (exact) mass is 420 g/mol. The minimum absolute atomic E-state index is 0.245. The van der Waals surface area contributed by atoms with Crippen molar-refractivity contribution >= 4 is 10.9 Å². The minimum atomic E-state index is -0.370. The largest absolute Gasteiger partial charge is 0.473 e. The molecular weight excluding hydrogens is 404 g/mol. The van der Waals surface area contributed by atoms with E-state index in [-0.39, 0.29) is 12.2 Å². The molecule has 1 N–H and O–H groups in total. The molecule has 0 saturated heterocycles. The van der Waals surface area contributed by atoms with Gasteiger partial charge in [0, 0.05) is 29.4 Å². The fourth-order valence-corrected chi connectivity index (χ4v) is 3.53. The van der Waals surface area contributed by atoms with E-state index in [0.29, 0.717) is 33.9 Å². The molecule has 3 aromatic heterocycles. The van der Waals surface area contributed by atoms with Crippen LogP contribution in [-0.4, -0.2) is 15.1 Å². The molecule has 5 rings (SSSR count). The predicted molar refractivity (Wildman–Crippen MR) is 119 cm³/mol. The summed E-state index contributed by atoms with van der Waals surface area (Å²) in [7, 11) is 0. The zero-order valence-electron chi connectivity index (χ0n) is 16.8. The summed E-state index contributed by atoms with van der Waals surface area (Å²) in [5.41, 5.74) is 3.18. The SMILES string of the molecule is N#Cc1cc(COc2ccc3ccccc3n2)ccc1-c1o[nH]c(=O)c1-c1ccncc1. The maximum absolute atomic E-state index is 12.4. The molecule has 7 heteroatoms. The molecule has 0 radical (unpaired) electrons. The van der Waals surface area contributed by atoms with E-state index in [2.05, 4.69) is 21.2 Å². The van der Waals surface area contributed by atoms with Crippen LogP contribution in [0.2, 0.25) is 0 Å². The number of nitrogens with zero attached hydrogens (tertiary/aromatic N) is 3. The van der Waals surface area contributed by atoms with E-state index in [4.69, 9.17) is 9.26 Å². The van der Waals surface area contributed by atoms with Gasteiger partial charge in [0.05, 0.1) is 22.7 Å². The summed E-state index contributed by atoms with van der Waals surface area (Å²) in [5.74, 6) is 0.810. The van der Waals surface area contributed by atoms with Crippen LogP contribution in [-0.2, 0) is 6.61 Å². The van der Waals surface area contributed by atoms with Gasteiger partial charge in [-0.1, -0.05) is 24.3 Å². The zero-order valence-corrected chi connectivity index (χ0v) is 16.8. The van der Waals surface area contributed by atoms with Gasteiger partial charge in [-0.05, 0) is 47.5 Å². The average Bonchev–Trinajstić information content (AvgIpc) is 3.24. The number of ether oxygens (including phenoxy) is 1. The highest BCUT2D eigenvalue weighted by molar-refractivity contribution is 5.81. The quantitative estimate of drug-likeness (QED) is 0.442. The number of hydrogen-bond donors (Lipinski definition) is 1. The van der Waals surface area contributed by atoms with Gasteiger partial charge in [-0.25, -0.2) is 4.98 Å². The third-order valence-corrected chi connectivity index (χ3v) is 5.08. The number of aromatic amines is 1. The van der Waals surface area contributed by atoms with Crippen molar-refractivity contribution in [3.63, 3.8) is 0 Å². The standard InChI is InChI=1S/C25H16N4O3/c26-14-19-13-16(15-31-22-8-6-17-3-1-2-4-21(17)28-22)5-7-20(19)24-23(25(30)29-32-24)18-9-11-27-12-10-18/h1-13H,15H2,(H,29,30). The molecule has 0 spiro atoms. The van der Waals surface area contributed by atoms with Crippen LogP contribution in [0.3, 0.4) is 0 Å². The third-order valence-electron chi connectivity index (χ3n) is 5.08. The highest BCUT2D eigenvalue weighted by atomic mass is 16.5. The van der Waals surface area contributed by atoms with Crippen LogP contribution in [0.25, 0.3) is 33.4 Å². The Hall–Kier alpha value is -4.70. The number of H-pyrrole nitrogens is 1. The Labute approximate surface area is 182 Å². The number of fused-ring (bicyclic) bond motifs is 1. The van der Waals surface area contributed by atoms with Crippen molar-refractivity contribution in [2.75, 3.05) is 0 Å². The number of rotatable bonds is 5. The Kier molecular flexibility index (Phi) is 4.94. The van der Waals surface area contributed by atoms with Crippen molar-refractivity contribution in [2.24, 2.45) is 0 Å². The molecular formula is C25H16N4O3. The topological polar surface area (TPSA) is 105 Å². The maximum Gasteiger partial charge on any atom is 0.288 e. The second-order valence-electron chi connectivity index (χ2n) is 7.10. The van der Waals surface area contributed by atoms with E-state index in [1.165, 1.54) is 0 Å². The van der Waals surface area contributed by atoms with Gasteiger partial charge in [-0.3, -0.25) is 9.78 Å². The van der Waals surface area contributed by atoms with E-state index in [0.717, 1.165) is 16.5 Å². The predicted octanol–water partition coefficient (Wildman–Crippen LogP) is 4.70. The van der Waals surface area contributed by atoms with Crippen molar-refractivity contribution in [1.82, 2.24) is 15.1 Å². The molecule has 0 saturated carbocycles. The van der Waals surface area contributed by atoms with Gasteiger partial charge in [-0.2, -0.15) is 10.4 Å². The highest BCUT2D eigenvalue weighted by Crippen LogP contribution is 2.32. The molecule has 0 fully saturated rings. The van der Waals surface area contributed by atoms with Gasteiger partial charge in [-0.15, -0.1) is 0 Å². The third kappa shape index (κ3) is 3.61. The van der Waals surface area contributed by atoms with Gasteiger partial charge >= 0.3 is 0 Å². The number of nitriles is 1. The second-order valence-corrected chi connectivity index (χ2v) is 7.10. The van der Waals surface area contributed by atoms with Gasteiger partial charge in [0.1, 0.15) is 6.61 Å². The lowest BCUT2D eigenvalue weighted by molar-refractivity contribution is 0.295. The van der Waals surface area contributed by atoms with Gasteiger partial charge < -0.3 is 9.26 Å². The number of para-hydroxylation sites is 1. The van der Waals surface area contributed by atoms with Crippen molar-refractivity contribution in [2.45, 2.75) is 6.61 Å². The van der Waals surface area contributed by atoms with Crippen molar-refractivity contribution in [3.8, 4) is 34.4 Å². The van der Waals surface area contributed by atoms with E-state index in [9.17, 15) is 10.1 Å². The molecule has 0 amide bonds. The molecule has 0 atom stereocenters. The van der Waals surface area contributed by atoms with Crippen molar-refractivity contribution in [1.29, 1.82) is 5.26 Å². The maximum atomic E-state index is 12.4. The first-order valence-corrected chi connectivity index (χ1v) is 9.87. The van der Waals surface area contributed by atoms with Gasteiger partial charge in [0.2, 0.25) is 5.88 Å². The zero-order chi connectivity index (χ0) is 21.9. The number of hydrogen-bond acceptors (Lipinski definition) is 6. The fourth-order valence-electron chi connectivity index (χ4n) is 3.53. The highest BCUT2D eigenvalue weighted by Gasteiger charge is 2.19. The Morgan fingerprint density at radius 1 is 1.03 bits per heavy atom. The summed E-state index contributed by atoms with van der Waals surface area (Å²) in [6.45, 7) is 0.245. The lowest BCUT2D eigenvalue weighted by Gasteiger charge is -2.09. The number of benzene rings is 2. The summed E-state index contributed by atoms with van der Waals surface area (Å²) in [4.78, 5) is 20.8. The van der Waals surface area contributed by atoms with Crippen LogP contribution < -0.4 is 10.3 Å². The summed E-state index contributed by atoms with van der Waals surface area (Å²) in [5, 5.41) is 13.1. The Morgan fingerprint density at radius 2 is 1.88 bits per heavy atom. The van der Waals surface area contributed by atoms with E-state index < -0.39 is 0 Å². The molecule has 7 nitrogen and oxygen atoms in total. The van der Waals surface area contributed by atoms with Gasteiger partial charge in [0.25, 0.3) is 5.56 Å². The molecule has 5 aromatic rings. The number of nitrogens with one attached hydrogen (secondary N) is 1. The van der Waals surface area contributed by atoms with Crippen LogP contribution in [0, 0.1) is 11.3 Å². The second kappa shape index (κ2) is 8.20. The molecule has 2 aromatic carbocycles. The lowest BCUT2D eigenvalue weighted by Crippen LogP contribution is -2.02. The molecule has 0 aliphatic carbocycles. The van der Waals surface area contributed by atoms with E-state index in [1.54, 1.807) is 36.7 Å². The molecule has 3 heterocycles. The minimum Gasteiger partial charge on any atom is -0.473 e. The Balaban J connectivity index is 1.44. The Morgan fingerprint density at radius 3 is 2.72 bits per heavy atom. The molecule has 0 bridgehead atoms. The number of aromatic nitrogens is 3. The normalized spacial score (nSPS) is 10.7. The van der Waals surface area contributed by atoms with E-state index >= 15 is 0 Å². The van der Waals surface area contributed by atoms with Crippen LogP contribution in [0.1, 0.15) is 11.1 Å². The van der Waals surface area contributed by atoms with Crippen LogP contribution in [0.4, 0.5) is 0 Å². The van der Waals surface area contributed by atoms with Crippen molar-refractivity contribution < 1.29 is 9.26 Å². The molecule has 154 valence electrons. The lowest BCUT2D eigenvalue weighted by atomic mass is 9.98. The van der Waals surface area contributed by atoms with Crippen LogP contribution in [0.5, 0.6) is 5.88 Å². The molecule has 0 aliphatic rings. The average molecular weight is 420 g/mol. The number of pyridine rings is 2. The molecule has 32 heavy (non-hydrogen) atoms. The first-order chi connectivity index (χ1) is 15.7. The first kappa shape index (κ1) is 19.3. The van der Waals surface area contributed by atoms with Crippen LogP contribution in [0.15, 0.2) is 88.4 Å². The summed E-state index contributed by atoms with van der Waals surface area (Å²) in [6.07, 6.45) is 3.19. The van der Waals surface area contributed by atoms with E-state index in [1.807, 2.05) is 42.5 Å².